The number of carbonyl (C=O) groups is 1. The van der Waals surface area contributed by atoms with Crippen LogP contribution in [0.4, 0.5) is 13.2 Å². The average molecular weight is 238 g/mol. The van der Waals surface area contributed by atoms with Crippen LogP contribution in [0, 0.1) is 0 Å². The van der Waals surface area contributed by atoms with E-state index in [1.807, 2.05) is 0 Å². The molecule has 1 amide bonds. The Kier molecular flexibility index (Phi) is 2.83. The summed E-state index contributed by atoms with van der Waals surface area (Å²) < 4.78 is 42.7. The van der Waals surface area contributed by atoms with Gasteiger partial charge in [-0.15, -0.1) is 0 Å². The highest BCUT2D eigenvalue weighted by atomic mass is 19.4. The van der Waals surface area contributed by atoms with Crippen molar-refractivity contribution in [1.29, 1.82) is 0 Å². The van der Waals surface area contributed by atoms with Gasteiger partial charge in [-0.2, -0.15) is 13.2 Å². The predicted molar refractivity (Wildman–Crippen MR) is 48.8 cm³/mol. The topological polar surface area (TPSA) is 50.4 Å². The van der Waals surface area contributed by atoms with Crippen LogP contribution in [0.1, 0.15) is 12.8 Å². The van der Waals surface area contributed by atoms with Gasteiger partial charge in [-0.05, 0) is 12.8 Å². The fourth-order valence-electron chi connectivity index (χ4n) is 1.66. The predicted octanol–water partition coefficient (Wildman–Crippen LogP) is 0.186. The summed E-state index contributed by atoms with van der Waals surface area (Å²) in [6.45, 7) is 1.09. The molecule has 4 nitrogen and oxygen atoms in total. The summed E-state index contributed by atoms with van der Waals surface area (Å²) in [6, 6.07) is -0.673. The zero-order valence-corrected chi connectivity index (χ0v) is 8.56. The standard InChI is InChI=1S/C9H13F3N2O2/c10-9(11,12)8(1-2-8)14-7(15)6-5-16-4-3-13-6/h6,13H,1-5H2,(H,14,15). The molecule has 0 bridgehead atoms. The summed E-state index contributed by atoms with van der Waals surface area (Å²) in [4.78, 5) is 11.5. The Bertz CT molecular complexity index is 283. The van der Waals surface area contributed by atoms with E-state index in [0.29, 0.717) is 13.2 Å². The molecule has 2 N–H and O–H groups in total. The number of ether oxygens (including phenoxy) is 1. The second-order valence-electron chi connectivity index (χ2n) is 4.15. The van der Waals surface area contributed by atoms with Crippen LogP contribution < -0.4 is 10.6 Å². The van der Waals surface area contributed by atoms with Crippen molar-refractivity contribution in [3.63, 3.8) is 0 Å². The molecule has 1 unspecified atom stereocenters. The third-order valence-corrected chi connectivity index (χ3v) is 2.89. The maximum absolute atomic E-state index is 12.6. The lowest BCUT2D eigenvalue weighted by atomic mass is 10.2. The Morgan fingerprint density at radius 3 is 2.56 bits per heavy atom. The molecule has 16 heavy (non-hydrogen) atoms. The molecule has 0 aromatic heterocycles. The lowest BCUT2D eigenvalue weighted by Gasteiger charge is -2.27. The van der Waals surface area contributed by atoms with E-state index in [-0.39, 0.29) is 19.4 Å². The van der Waals surface area contributed by atoms with Gasteiger partial charge in [-0.1, -0.05) is 0 Å². The summed E-state index contributed by atoms with van der Waals surface area (Å²) in [5.41, 5.74) is -1.98. The highest BCUT2D eigenvalue weighted by Crippen LogP contribution is 2.48. The van der Waals surface area contributed by atoms with Crippen molar-refractivity contribution in [1.82, 2.24) is 10.6 Å². The Balaban J connectivity index is 1.92. The van der Waals surface area contributed by atoms with Gasteiger partial charge in [0.25, 0.3) is 0 Å². The molecule has 0 aromatic carbocycles. The SMILES string of the molecule is O=C(NC1(C(F)(F)F)CC1)C1COCCN1. The first-order chi connectivity index (χ1) is 7.45. The van der Waals surface area contributed by atoms with Gasteiger partial charge in [0.2, 0.25) is 5.91 Å². The summed E-state index contributed by atoms with van der Waals surface area (Å²) in [7, 11) is 0. The number of amides is 1. The van der Waals surface area contributed by atoms with Crippen molar-refractivity contribution >= 4 is 5.91 Å². The molecule has 1 aliphatic carbocycles. The highest BCUT2D eigenvalue weighted by Gasteiger charge is 2.64. The Labute approximate surface area is 90.5 Å². The zero-order chi connectivity index (χ0) is 11.8. The van der Waals surface area contributed by atoms with Gasteiger partial charge in [-0.25, -0.2) is 0 Å². The third-order valence-electron chi connectivity index (χ3n) is 2.89. The van der Waals surface area contributed by atoms with Crippen LogP contribution in [0.5, 0.6) is 0 Å². The molecule has 0 aromatic rings. The molecule has 1 atom stereocenters. The summed E-state index contributed by atoms with van der Waals surface area (Å²) in [6.07, 6.45) is -4.43. The maximum atomic E-state index is 12.6. The maximum Gasteiger partial charge on any atom is 0.411 e. The largest absolute Gasteiger partial charge is 0.411 e. The van der Waals surface area contributed by atoms with E-state index in [4.69, 9.17) is 4.74 Å². The first-order valence-electron chi connectivity index (χ1n) is 5.14. The second-order valence-corrected chi connectivity index (χ2v) is 4.15. The number of rotatable bonds is 2. The van der Waals surface area contributed by atoms with Gasteiger partial charge >= 0.3 is 6.18 Å². The summed E-state index contributed by atoms with van der Waals surface area (Å²) in [5.74, 6) is -0.630. The number of hydrogen-bond acceptors (Lipinski definition) is 3. The molecule has 2 aliphatic rings. The number of alkyl halides is 3. The van der Waals surface area contributed by atoms with Crippen LogP contribution in [0.2, 0.25) is 0 Å². The van der Waals surface area contributed by atoms with Crippen molar-refractivity contribution in [2.24, 2.45) is 0 Å². The van der Waals surface area contributed by atoms with Crippen LogP contribution in [0.3, 0.4) is 0 Å². The van der Waals surface area contributed by atoms with E-state index in [2.05, 4.69) is 10.6 Å². The summed E-state index contributed by atoms with van der Waals surface area (Å²) >= 11 is 0. The Hall–Kier alpha value is -0.820. The second kappa shape index (κ2) is 3.89. The van der Waals surface area contributed by atoms with Crippen molar-refractivity contribution in [3.05, 3.63) is 0 Å². The van der Waals surface area contributed by atoms with E-state index in [1.54, 1.807) is 0 Å². The number of hydrogen-bond donors (Lipinski definition) is 2. The Morgan fingerprint density at radius 2 is 2.12 bits per heavy atom. The van der Waals surface area contributed by atoms with Crippen LogP contribution in [0.25, 0.3) is 0 Å². The van der Waals surface area contributed by atoms with Crippen LogP contribution >= 0.6 is 0 Å². The van der Waals surface area contributed by atoms with Gasteiger partial charge in [0.05, 0.1) is 13.2 Å². The molecule has 2 rings (SSSR count). The lowest BCUT2D eigenvalue weighted by Crippen LogP contribution is -2.57. The van der Waals surface area contributed by atoms with E-state index < -0.39 is 23.7 Å². The zero-order valence-electron chi connectivity index (χ0n) is 8.56. The minimum Gasteiger partial charge on any atom is -0.378 e. The number of morpholine rings is 1. The van der Waals surface area contributed by atoms with Gasteiger partial charge < -0.3 is 15.4 Å². The normalized spacial score (nSPS) is 28.6. The minimum absolute atomic E-state index is 0.0319. The highest BCUT2D eigenvalue weighted by molar-refractivity contribution is 5.83. The molecule has 1 aliphatic heterocycles. The van der Waals surface area contributed by atoms with Crippen molar-refractivity contribution in [3.8, 4) is 0 Å². The first-order valence-corrected chi connectivity index (χ1v) is 5.14. The molecule has 92 valence electrons. The molecule has 0 spiro atoms. The quantitative estimate of drug-likeness (QED) is 0.722. The third kappa shape index (κ3) is 2.15. The van der Waals surface area contributed by atoms with E-state index >= 15 is 0 Å². The van der Waals surface area contributed by atoms with Crippen LogP contribution in [-0.4, -0.2) is 43.4 Å². The minimum atomic E-state index is -4.36. The molecule has 1 saturated heterocycles. The molecule has 7 heteroatoms. The average Bonchev–Trinajstić information content (AvgIpc) is 2.99. The molecule has 1 heterocycles. The monoisotopic (exact) mass is 238 g/mol. The molecule has 0 radical (unpaired) electrons. The lowest BCUT2D eigenvalue weighted by molar-refractivity contribution is -0.171. The van der Waals surface area contributed by atoms with Crippen LogP contribution in [-0.2, 0) is 9.53 Å². The van der Waals surface area contributed by atoms with Gasteiger partial charge in [-0.3, -0.25) is 4.79 Å². The van der Waals surface area contributed by atoms with E-state index in [0.717, 1.165) is 0 Å². The molecule has 2 fully saturated rings. The number of halogens is 3. The van der Waals surface area contributed by atoms with E-state index in [9.17, 15) is 18.0 Å². The van der Waals surface area contributed by atoms with Gasteiger partial charge in [0, 0.05) is 6.54 Å². The molecule has 1 saturated carbocycles. The fraction of sp³-hybridized carbons (Fsp3) is 0.889. The van der Waals surface area contributed by atoms with Gasteiger partial charge in [0.15, 0.2) is 0 Å². The van der Waals surface area contributed by atoms with Crippen molar-refractivity contribution in [2.75, 3.05) is 19.8 Å². The number of nitrogens with one attached hydrogen (secondary N) is 2. The summed E-state index contributed by atoms with van der Waals surface area (Å²) in [5, 5.41) is 4.89. The number of carbonyl (C=O) groups excluding carboxylic acids is 1. The molecular formula is C9H13F3N2O2. The molecular weight excluding hydrogens is 225 g/mol. The van der Waals surface area contributed by atoms with Crippen LogP contribution in [0.15, 0.2) is 0 Å². The smallest absolute Gasteiger partial charge is 0.378 e. The van der Waals surface area contributed by atoms with Crippen molar-refractivity contribution in [2.45, 2.75) is 30.6 Å². The van der Waals surface area contributed by atoms with E-state index in [1.165, 1.54) is 0 Å². The Morgan fingerprint density at radius 1 is 1.44 bits per heavy atom. The fourth-order valence-corrected chi connectivity index (χ4v) is 1.66. The first kappa shape index (κ1) is 11.7. The van der Waals surface area contributed by atoms with Gasteiger partial charge in [0.1, 0.15) is 11.6 Å². The van der Waals surface area contributed by atoms with Crippen molar-refractivity contribution < 1.29 is 22.7 Å².